The number of ether oxygens (including phenoxy) is 1. The number of allylic oxidation sites excluding steroid dienone is 5. The highest BCUT2D eigenvalue weighted by atomic mass is 16.6. The Morgan fingerprint density at radius 1 is 0.862 bits per heavy atom. The molecule has 6 nitrogen and oxygen atoms in total. The van der Waals surface area contributed by atoms with Crippen molar-refractivity contribution in [3.63, 3.8) is 0 Å². The first-order valence-corrected chi connectivity index (χ1v) is 9.49. The van der Waals surface area contributed by atoms with E-state index in [2.05, 4.69) is 6.08 Å². The zero-order valence-corrected chi connectivity index (χ0v) is 15.5. The Balaban J connectivity index is 1.27. The maximum atomic E-state index is 12.2. The molecule has 2 atom stereocenters. The quantitative estimate of drug-likeness (QED) is 0.589. The molecule has 1 saturated heterocycles. The molecule has 0 N–H and O–H groups in total. The van der Waals surface area contributed by atoms with Crippen LogP contribution in [0, 0.1) is 0 Å². The SMILES string of the molecule is O=C1C=CC(=O)N1c1ccc(CC2=CCC=C(N3C(=O)C=CC4OC43)C=C2)cc1. The van der Waals surface area contributed by atoms with Gasteiger partial charge in [-0.2, -0.15) is 0 Å². The monoisotopic (exact) mass is 386 g/mol. The molecule has 4 aliphatic rings. The first-order valence-electron chi connectivity index (χ1n) is 9.49. The molecule has 3 aliphatic heterocycles. The Morgan fingerprint density at radius 3 is 2.38 bits per heavy atom. The van der Waals surface area contributed by atoms with Crippen LogP contribution >= 0.6 is 0 Å². The lowest BCUT2D eigenvalue weighted by Crippen LogP contribution is -2.34. The van der Waals surface area contributed by atoms with Crippen LogP contribution in [0.5, 0.6) is 0 Å². The molecule has 0 radical (unpaired) electrons. The topological polar surface area (TPSA) is 70.2 Å². The minimum Gasteiger partial charge on any atom is -0.343 e. The molecule has 1 fully saturated rings. The third-order valence-electron chi connectivity index (χ3n) is 5.29. The molecule has 1 aromatic rings. The minimum absolute atomic E-state index is 0.0146. The van der Waals surface area contributed by atoms with Gasteiger partial charge in [-0.1, -0.05) is 30.4 Å². The van der Waals surface area contributed by atoms with Crippen LogP contribution in [0.25, 0.3) is 0 Å². The normalized spacial score (nSPS) is 25.2. The lowest BCUT2D eigenvalue weighted by atomic mass is 10.0. The number of nitrogens with zero attached hydrogens (tertiary/aromatic N) is 2. The van der Waals surface area contributed by atoms with E-state index in [1.54, 1.807) is 29.2 Å². The second kappa shape index (κ2) is 6.83. The van der Waals surface area contributed by atoms with Gasteiger partial charge in [-0.05, 0) is 48.3 Å². The molecule has 0 spiro atoms. The van der Waals surface area contributed by atoms with Crippen LogP contribution < -0.4 is 4.90 Å². The van der Waals surface area contributed by atoms with E-state index in [9.17, 15) is 14.4 Å². The lowest BCUT2D eigenvalue weighted by Gasteiger charge is -2.21. The van der Waals surface area contributed by atoms with Gasteiger partial charge in [-0.3, -0.25) is 19.3 Å². The molecule has 6 heteroatoms. The predicted molar refractivity (Wildman–Crippen MR) is 106 cm³/mol. The molecule has 3 heterocycles. The Kier molecular flexibility index (Phi) is 4.14. The molecule has 0 bridgehead atoms. The smallest absolute Gasteiger partial charge is 0.258 e. The molecule has 0 saturated carbocycles. The zero-order valence-electron chi connectivity index (χ0n) is 15.5. The average Bonchev–Trinajstić information content (AvgIpc) is 3.46. The largest absolute Gasteiger partial charge is 0.343 e. The first-order chi connectivity index (χ1) is 14.1. The number of rotatable bonds is 4. The standard InChI is InChI=1S/C23H18N2O4/c26-20-12-13-21(27)24(20)18-8-5-16(6-9-18)14-15-2-1-3-17(7-4-15)25-22(28)11-10-19-23(25)29-19/h2-13,19,23H,1,14H2. The van der Waals surface area contributed by atoms with Gasteiger partial charge in [-0.25, -0.2) is 4.90 Å². The number of anilines is 1. The fourth-order valence-electron chi connectivity index (χ4n) is 3.74. The van der Waals surface area contributed by atoms with Crippen molar-refractivity contribution >= 4 is 23.4 Å². The minimum atomic E-state index is -0.320. The van der Waals surface area contributed by atoms with Crippen molar-refractivity contribution < 1.29 is 19.1 Å². The van der Waals surface area contributed by atoms with Crippen molar-refractivity contribution in [2.75, 3.05) is 4.90 Å². The van der Waals surface area contributed by atoms with Crippen LogP contribution in [0.4, 0.5) is 5.69 Å². The van der Waals surface area contributed by atoms with Gasteiger partial charge in [0.15, 0.2) is 6.23 Å². The summed E-state index contributed by atoms with van der Waals surface area (Å²) in [6.45, 7) is 0. The third-order valence-corrected chi connectivity index (χ3v) is 5.29. The van der Waals surface area contributed by atoms with Crippen molar-refractivity contribution in [2.24, 2.45) is 0 Å². The highest BCUT2D eigenvalue weighted by Gasteiger charge is 2.47. The molecular formula is C23H18N2O4. The molecule has 0 aromatic heterocycles. The summed E-state index contributed by atoms with van der Waals surface area (Å²) < 4.78 is 5.52. The molecule has 5 rings (SSSR count). The van der Waals surface area contributed by atoms with E-state index < -0.39 is 0 Å². The van der Waals surface area contributed by atoms with Gasteiger partial charge >= 0.3 is 0 Å². The van der Waals surface area contributed by atoms with Gasteiger partial charge in [0.1, 0.15) is 6.10 Å². The summed E-state index contributed by atoms with van der Waals surface area (Å²) >= 11 is 0. The number of epoxide rings is 1. The van der Waals surface area contributed by atoms with Gasteiger partial charge in [0, 0.05) is 23.9 Å². The van der Waals surface area contributed by atoms with E-state index >= 15 is 0 Å². The summed E-state index contributed by atoms with van der Waals surface area (Å²) in [5.74, 6) is -0.696. The van der Waals surface area contributed by atoms with Crippen LogP contribution in [0.15, 0.2) is 84.1 Å². The predicted octanol–water partition coefficient (Wildman–Crippen LogP) is 2.55. The number of hydrogen-bond donors (Lipinski definition) is 0. The Labute approximate surface area is 167 Å². The van der Waals surface area contributed by atoms with E-state index in [0.717, 1.165) is 28.2 Å². The number of amides is 3. The maximum absolute atomic E-state index is 12.2. The summed E-state index contributed by atoms with van der Waals surface area (Å²) in [5.41, 5.74) is 3.63. The summed E-state index contributed by atoms with van der Waals surface area (Å²) in [6.07, 6.45) is 15.3. The highest BCUT2D eigenvalue weighted by molar-refractivity contribution is 6.28. The van der Waals surface area contributed by atoms with Crippen molar-refractivity contribution in [1.29, 1.82) is 0 Å². The number of benzene rings is 1. The van der Waals surface area contributed by atoms with Gasteiger partial charge < -0.3 is 4.74 Å². The average molecular weight is 386 g/mol. The van der Waals surface area contributed by atoms with Crippen LogP contribution in [-0.2, 0) is 25.5 Å². The molecule has 1 aliphatic carbocycles. The van der Waals surface area contributed by atoms with Gasteiger partial charge in [-0.15, -0.1) is 0 Å². The highest BCUT2D eigenvalue weighted by Crippen LogP contribution is 2.35. The van der Waals surface area contributed by atoms with Gasteiger partial charge in [0.05, 0.1) is 5.69 Å². The molecular weight excluding hydrogens is 368 g/mol. The third kappa shape index (κ3) is 3.28. The number of fused-ring (bicyclic) bond motifs is 1. The summed E-state index contributed by atoms with van der Waals surface area (Å²) in [4.78, 5) is 38.6. The van der Waals surface area contributed by atoms with Gasteiger partial charge in [0.2, 0.25) is 0 Å². The lowest BCUT2D eigenvalue weighted by molar-refractivity contribution is -0.126. The molecule has 144 valence electrons. The molecule has 2 unspecified atom stereocenters. The maximum Gasteiger partial charge on any atom is 0.258 e. The van der Waals surface area contributed by atoms with Crippen LogP contribution in [-0.4, -0.2) is 35.0 Å². The van der Waals surface area contributed by atoms with Crippen LogP contribution in [0.1, 0.15) is 12.0 Å². The van der Waals surface area contributed by atoms with Gasteiger partial charge in [0.25, 0.3) is 17.7 Å². The van der Waals surface area contributed by atoms with Crippen LogP contribution in [0.3, 0.4) is 0 Å². The Morgan fingerprint density at radius 2 is 1.62 bits per heavy atom. The molecule has 3 amide bonds. The van der Waals surface area contributed by atoms with Crippen molar-refractivity contribution in [3.8, 4) is 0 Å². The van der Waals surface area contributed by atoms with Crippen molar-refractivity contribution in [1.82, 2.24) is 4.90 Å². The van der Waals surface area contributed by atoms with Crippen molar-refractivity contribution in [3.05, 3.63) is 89.7 Å². The van der Waals surface area contributed by atoms with Crippen LogP contribution in [0.2, 0.25) is 0 Å². The Bertz CT molecular complexity index is 1040. The summed E-state index contributed by atoms with van der Waals surface area (Å²) in [5, 5.41) is 0. The second-order valence-corrected chi connectivity index (χ2v) is 7.22. The second-order valence-electron chi connectivity index (χ2n) is 7.22. The fourth-order valence-corrected chi connectivity index (χ4v) is 3.74. The first kappa shape index (κ1) is 17.6. The zero-order chi connectivity index (χ0) is 20.0. The summed E-state index contributed by atoms with van der Waals surface area (Å²) in [7, 11) is 0. The van der Waals surface area contributed by atoms with E-state index in [0.29, 0.717) is 12.1 Å². The van der Waals surface area contributed by atoms with E-state index in [1.807, 2.05) is 30.4 Å². The molecule has 1 aromatic carbocycles. The van der Waals surface area contributed by atoms with E-state index in [-0.39, 0.29) is 30.1 Å². The number of hydrogen-bond acceptors (Lipinski definition) is 4. The fraction of sp³-hybridized carbons (Fsp3) is 0.174. The Hall–Kier alpha value is -3.51. The number of imide groups is 1. The number of carbonyl (C=O) groups excluding carboxylic acids is 3. The van der Waals surface area contributed by atoms with E-state index in [4.69, 9.17) is 4.74 Å². The summed E-state index contributed by atoms with van der Waals surface area (Å²) in [6, 6.07) is 7.41. The van der Waals surface area contributed by atoms with E-state index in [1.165, 1.54) is 12.2 Å². The molecule has 29 heavy (non-hydrogen) atoms. The van der Waals surface area contributed by atoms with Crippen molar-refractivity contribution in [2.45, 2.75) is 25.2 Å². The number of carbonyl (C=O) groups is 3.